The minimum absolute atomic E-state index is 0.252. The van der Waals surface area contributed by atoms with Crippen LogP contribution in [0.1, 0.15) is 31.4 Å². The normalized spacial score (nSPS) is 8.38. The molecule has 0 bridgehead atoms. The zero-order valence-electron chi connectivity index (χ0n) is 9.99. The van der Waals surface area contributed by atoms with Crippen LogP contribution in [0.5, 0.6) is 0 Å². The summed E-state index contributed by atoms with van der Waals surface area (Å²) in [5.74, 6) is -0.273. The number of carbonyl (C=O) groups is 1. The van der Waals surface area contributed by atoms with Gasteiger partial charge in [0.05, 0.1) is 25.2 Å². The number of methoxy groups -OCH3 is 1. The van der Waals surface area contributed by atoms with Gasteiger partial charge < -0.3 is 4.74 Å². The number of benzene rings is 1. The minimum atomic E-state index is -0.273. The second kappa shape index (κ2) is 8.49. The lowest BCUT2D eigenvalue weighted by atomic mass is 10.1. The van der Waals surface area contributed by atoms with E-state index in [1.54, 1.807) is 24.3 Å². The lowest BCUT2D eigenvalue weighted by Crippen LogP contribution is -2.04. The van der Waals surface area contributed by atoms with Gasteiger partial charge in [0.1, 0.15) is 0 Å². The maximum absolute atomic E-state index is 10.8. The molecule has 0 unspecified atom stereocenters. The first-order valence-corrected chi connectivity index (χ1v) is 5.23. The molecule has 0 fully saturated rings. The molecule has 0 amide bonds. The number of carbonyl (C=O) groups excluding carboxylic acids is 1. The van der Waals surface area contributed by atoms with E-state index in [0.29, 0.717) is 5.56 Å². The molecule has 1 aromatic rings. The van der Waals surface area contributed by atoms with Crippen molar-refractivity contribution in [2.45, 2.75) is 26.7 Å². The molecular weight excluding hydrogens is 202 g/mol. The first-order valence-electron chi connectivity index (χ1n) is 5.23. The van der Waals surface area contributed by atoms with Gasteiger partial charge >= 0.3 is 5.97 Å². The summed E-state index contributed by atoms with van der Waals surface area (Å²) in [5.41, 5.74) is 1.44. The van der Waals surface area contributed by atoms with Crippen LogP contribution < -0.4 is 0 Å². The Balaban J connectivity index is 0.000000673. The third-order valence-electron chi connectivity index (χ3n) is 1.66. The van der Waals surface area contributed by atoms with Crippen molar-refractivity contribution in [1.29, 1.82) is 5.26 Å². The summed E-state index contributed by atoms with van der Waals surface area (Å²) in [6.07, 6.45) is 1.50. The quantitative estimate of drug-likeness (QED) is 0.718. The summed E-state index contributed by atoms with van der Waals surface area (Å²) in [6, 6.07) is 8.85. The molecule has 0 heterocycles. The Morgan fingerprint density at radius 3 is 2.19 bits per heavy atom. The van der Waals surface area contributed by atoms with Crippen molar-refractivity contribution in [3.05, 3.63) is 35.4 Å². The highest BCUT2D eigenvalue weighted by molar-refractivity contribution is 5.72. The van der Waals surface area contributed by atoms with E-state index < -0.39 is 0 Å². The van der Waals surface area contributed by atoms with Crippen molar-refractivity contribution in [2.75, 3.05) is 7.11 Å². The SMILES string of the molecule is CCC.COC(=O)Cc1ccc(C#N)cc1. The highest BCUT2D eigenvalue weighted by Gasteiger charge is 2.01. The van der Waals surface area contributed by atoms with Crippen LogP contribution >= 0.6 is 0 Å². The third kappa shape index (κ3) is 5.82. The number of rotatable bonds is 2. The number of esters is 1. The minimum Gasteiger partial charge on any atom is -0.469 e. The maximum Gasteiger partial charge on any atom is 0.309 e. The molecule has 3 heteroatoms. The summed E-state index contributed by atoms with van der Waals surface area (Å²) in [7, 11) is 1.35. The van der Waals surface area contributed by atoms with Crippen molar-refractivity contribution in [2.24, 2.45) is 0 Å². The van der Waals surface area contributed by atoms with Gasteiger partial charge in [0, 0.05) is 0 Å². The molecule has 0 N–H and O–H groups in total. The fraction of sp³-hybridized carbons (Fsp3) is 0.385. The third-order valence-corrected chi connectivity index (χ3v) is 1.66. The van der Waals surface area contributed by atoms with E-state index in [9.17, 15) is 4.79 Å². The number of hydrogen-bond acceptors (Lipinski definition) is 3. The van der Waals surface area contributed by atoms with Crippen LogP contribution in [0.2, 0.25) is 0 Å². The molecule has 0 aliphatic rings. The Bertz CT molecular complexity index is 349. The van der Waals surface area contributed by atoms with E-state index in [-0.39, 0.29) is 12.4 Å². The summed E-state index contributed by atoms with van der Waals surface area (Å²) in [5, 5.41) is 8.51. The Kier molecular flexibility index (Phi) is 7.52. The van der Waals surface area contributed by atoms with E-state index in [0.717, 1.165) is 5.56 Å². The molecule has 16 heavy (non-hydrogen) atoms. The van der Waals surface area contributed by atoms with Crippen LogP contribution in [-0.4, -0.2) is 13.1 Å². The van der Waals surface area contributed by atoms with Crippen molar-refractivity contribution in [3.8, 4) is 6.07 Å². The Hall–Kier alpha value is -1.82. The van der Waals surface area contributed by atoms with Crippen LogP contribution in [0.3, 0.4) is 0 Å². The molecule has 1 rings (SSSR count). The standard InChI is InChI=1S/C10H9NO2.C3H8/c1-13-10(12)6-8-2-4-9(7-11)5-3-8;1-3-2/h2-5H,6H2,1H3;3H2,1-2H3. The van der Waals surface area contributed by atoms with Gasteiger partial charge in [-0.25, -0.2) is 0 Å². The predicted molar refractivity (Wildman–Crippen MR) is 62.8 cm³/mol. The molecule has 86 valence electrons. The van der Waals surface area contributed by atoms with Gasteiger partial charge in [0.15, 0.2) is 0 Å². The summed E-state index contributed by atoms with van der Waals surface area (Å²) in [4.78, 5) is 10.8. The Morgan fingerprint density at radius 1 is 1.31 bits per heavy atom. The molecule has 0 aliphatic heterocycles. The molecule has 0 saturated carbocycles. The van der Waals surface area contributed by atoms with Crippen molar-refractivity contribution in [1.82, 2.24) is 0 Å². The summed E-state index contributed by atoms with van der Waals surface area (Å²) < 4.78 is 4.51. The maximum atomic E-state index is 10.8. The molecule has 1 aromatic carbocycles. The highest BCUT2D eigenvalue weighted by atomic mass is 16.5. The predicted octanol–water partition coefficient (Wildman–Crippen LogP) is 2.69. The fourth-order valence-corrected chi connectivity index (χ4v) is 0.936. The highest BCUT2D eigenvalue weighted by Crippen LogP contribution is 2.04. The average Bonchev–Trinajstić information content (AvgIpc) is 2.31. The zero-order valence-corrected chi connectivity index (χ0v) is 9.99. The second-order valence-electron chi connectivity index (χ2n) is 3.27. The largest absolute Gasteiger partial charge is 0.469 e. The van der Waals surface area contributed by atoms with Crippen molar-refractivity contribution < 1.29 is 9.53 Å². The number of ether oxygens (including phenoxy) is 1. The monoisotopic (exact) mass is 219 g/mol. The van der Waals surface area contributed by atoms with E-state index >= 15 is 0 Å². The Labute approximate surface area is 96.7 Å². The first-order chi connectivity index (χ1) is 7.67. The molecule has 0 radical (unpaired) electrons. The number of nitriles is 1. The number of nitrogens with zero attached hydrogens (tertiary/aromatic N) is 1. The van der Waals surface area contributed by atoms with Crippen LogP contribution in [0, 0.1) is 11.3 Å². The van der Waals surface area contributed by atoms with E-state index in [4.69, 9.17) is 5.26 Å². The summed E-state index contributed by atoms with van der Waals surface area (Å²) in [6.45, 7) is 4.25. The van der Waals surface area contributed by atoms with E-state index in [1.807, 2.05) is 6.07 Å². The molecule has 0 aliphatic carbocycles. The molecule has 0 saturated heterocycles. The summed E-state index contributed by atoms with van der Waals surface area (Å²) >= 11 is 0. The van der Waals surface area contributed by atoms with Gasteiger partial charge in [-0.15, -0.1) is 0 Å². The molecular formula is C13H17NO2. The molecule has 0 spiro atoms. The van der Waals surface area contributed by atoms with Gasteiger partial charge in [0.2, 0.25) is 0 Å². The van der Waals surface area contributed by atoms with Gasteiger partial charge in [-0.3, -0.25) is 4.79 Å². The number of hydrogen-bond donors (Lipinski definition) is 0. The van der Waals surface area contributed by atoms with Crippen molar-refractivity contribution in [3.63, 3.8) is 0 Å². The topological polar surface area (TPSA) is 50.1 Å². The molecule has 0 atom stereocenters. The van der Waals surface area contributed by atoms with Crippen LogP contribution in [0.15, 0.2) is 24.3 Å². The van der Waals surface area contributed by atoms with Crippen LogP contribution in [-0.2, 0) is 16.0 Å². The van der Waals surface area contributed by atoms with E-state index in [1.165, 1.54) is 13.5 Å². The molecule has 3 nitrogen and oxygen atoms in total. The van der Waals surface area contributed by atoms with Crippen LogP contribution in [0.4, 0.5) is 0 Å². The van der Waals surface area contributed by atoms with Gasteiger partial charge in [-0.1, -0.05) is 32.4 Å². The smallest absolute Gasteiger partial charge is 0.309 e. The zero-order chi connectivity index (χ0) is 12.4. The van der Waals surface area contributed by atoms with Gasteiger partial charge in [0.25, 0.3) is 0 Å². The van der Waals surface area contributed by atoms with Crippen LogP contribution in [0.25, 0.3) is 0 Å². The van der Waals surface area contributed by atoms with Gasteiger partial charge in [-0.05, 0) is 17.7 Å². The lowest BCUT2D eigenvalue weighted by molar-refractivity contribution is -0.139. The fourth-order valence-electron chi connectivity index (χ4n) is 0.936. The van der Waals surface area contributed by atoms with E-state index in [2.05, 4.69) is 18.6 Å². The lowest BCUT2D eigenvalue weighted by Gasteiger charge is -1.98. The Morgan fingerprint density at radius 2 is 1.81 bits per heavy atom. The second-order valence-corrected chi connectivity index (χ2v) is 3.27. The average molecular weight is 219 g/mol. The van der Waals surface area contributed by atoms with Crippen molar-refractivity contribution >= 4 is 5.97 Å². The molecule has 0 aromatic heterocycles. The van der Waals surface area contributed by atoms with Gasteiger partial charge in [-0.2, -0.15) is 5.26 Å². The first kappa shape index (κ1) is 14.2.